The molecule has 168 valence electrons. The first-order valence-corrected chi connectivity index (χ1v) is 10.8. The Hall–Kier alpha value is -3.01. The first-order valence-electron chi connectivity index (χ1n) is 10.4. The largest absolute Gasteiger partial charge is 0.460 e. The van der Waals surface area contributed by atoms with E-state index in [1.807, 2.05) is 30.3 Å². The van der Waals surface area contributed by atoms with Gasteiger partial charge in [0.25, 0.3) is 0 Å². The number of carbonyl (C=O) groups is 1. The number of anilines is 1. The third kappa shape index (κ3) is 5.24. The van der Waals surface area contributed by atoms with E-state index in [0.29, 0.717) is 48.8 Å². The zero-order chi connectivity index (χ0) is 22.5. The average molecular weight is 457 g/mol. The minimum Gasteiger partial charge on any atom is -0.460 e. The monoisotopic (exact) mass is 456 g/mol. The van der Waals surface area contributed by atoms with E-state index in [0.717, 1.165) is 18.7 Å². The number of aromatic nitrogens is 4. The van der Waals surface area contributed by atoms with Crippen LogP contribution in [-0.2, 0) is 22.9 Å². The van der Waals surface area contributed by atoms with Crippen molar-refractivity contribution >= 4 is 23.5 Å². The second-order valence-electron chi connectivity index (χ2n) is 7.49. The molecular formula is C22H25ClN6O3. The highest BCUT2D eigenvalue weighted by molar-refractivity contribution is 6.29. The molecule has 10 heteroatoms. The first kappa shape index (κ1) is 22.2. The van der Waals surface area contributed by atoms with Crippen molar-refractivity contribution in [2.24, 2.45) is 7.05 Å². The third-order valence-electron chi connectivity index (χ3n) is 5.26. The normalized spacial score (nSPS) is 14.4. The number of esters is 1. The lowest BCUT2D eigenvalue weighted by Gasteiger charge is -2.26. The van der Waals surface area contributed by atoms with Crippen molar-refractivity contribution in [3.05, 3.63) is 58.4 Å². The summed E-state index contributed by atoms with van der Waals surface area (Å²) >= 11 is 6.09. The van der Waals surface area contributed by atoms with Gasteiger partial charge in [0.2, 0.25) is 5.95 Å². The molecule has 1 saturated heterocycles. The highest BCUT2D eigenvalue weighted by Gasteiger charge is 2.26. The van der Waals surface area contributed by atoms with Crippen molar-refractivity contribution < 1.29 is 14.3 Å². The molecule has 1 fully saturated rings. The zero-order valence-electron chi connectivity index (χ0n) is 17.8. The van der Waals surface area contributed by atoms with Gasteiger partial charge in [-0.15, -0.1) is 0 Å². The number of carbonyl (C=O) groups excluding carboxylic acids is 1. The number of morpholine rings is 1. The Bertz CT molecular complexity index is 1060. The molecule has 4 rings (SSSR count). The van der Waals surface area contributed by atoms with Crippen LogP contribution in [0.3, 0.4) is 0 Å². The Kier molecular flexibility index (Phi) is 6.99. The van der Waals surface area contributed by atoms with Crippen molar-refractivity contribution in [2.75, 3.05) is 45.2 Å². The predicted octanol–water partition coefficient (Wildman–Crippen LogP) is 2.19. The smallest absolute Gasteiger partial charge is 0.356 e. The number of ether oxygens (including phenoxy) is 2. The second kappa shape index (κ2) is 10.1. The van der Waals surface area contributed by atoms with E-state index < -0.39 is 5.97 Å². The lowest BCUT2D eigenvalue weighted by Crippen LogP contribution is -2.38. The first-order chi connectivity index (χ1) is 15.5. The molecule has 32 heavy (non-hydrogen) atoms. The molecule has 0 bridgehead atoms. The number of rotatable bonds is 7. The number of hydrogen-bond donors (Lipinski definition) is 1. The van der Waals surface area contributed by atoms with Gasteiger partial charge in [0.1, 0.15) is 23.1 Å². The summed E-state index contributed by atoms with van der Waals surface area (Å²) < 4.78 is 12.5. The van der Waals surface area contributed by atoms with Crippen LogP contribution < -0.4 is 5.73 Å². The van der Waals surface area contributed by atoms with E-state index in [9.17, 15) is 4.79 Å². The van der Waals surface area contributed by atoms with Gasteiger partial charge in [0.05, 0.1) is 18.9 Å². The van der Waals surface area contributed by atoms with Crippen molar-refractivity contribution in [2.45, 2.75) is 6.42 Å². The molecule has 0 aliphatic carbocycles. The van der Waals surface area contributed by atoms with E-state index in [2.05, 4.69) is 20.0 Å². The molecule has 1 aromatic carbocycles. The lowest BCUT2D eigenvalue weighted by molar-refractivity contribution is 0.0190. The van der Waals surface area contributed by atoms with Crippen LogP contribution in [0, 0.1) is 0 Å². The minimum absolute atomic E-state index is 0.0402. The summed E-state index contributed by atoms with van der Waals surface area (Å²) in [5, 5.41) is 4.77. The molecule has 9 nitrogen and oxygen atoms in total. The molecule has 0 amide bonds. The van der Waals surface area contributed by atoms with Crippen molar-refractivity contribution in [3.8, 4) is 11.4 Å². The highest BCUT2D eigenvalue weighted by Crippen LogP contribution is 2.28. The molecular weight excluding hydrogens is 432 g/mol. The maximum atomic E-state index is 13.1. The number of aryl methyl sites for hydroxylation is 1. The average Bonchev–Trinajstić information content (AvgIpc) is 3.10. The molecule has 0 radical (unpaired) electrons. The Labute approximate surface area is 191 Å². The molecule has 0 spiro atoms. The number of benzene rings is 1. The van der Waals surface area contributed by atoms with Crippen molar-refractivity contribution in [1.82, 2.24) is 24.6 Å². The topological polar surface area (TPSA) is 108 Å². The van der Waals surface area contributed by atoms with Gasteiger partial charge in [0, 0.05) is 44.7 Å². The SMILES string of the molecule is Cn1nc(-c2cc(Cl)nc(N)n2)c(Cc2ccccc2)c1C(=O)OCCN1CCOCC1. The molecule has 3 heterocycles. The number of nitrogen functional groups attached to an aromatic ring is 1. The third-order valence-corrected chi connectivity index (χ3v) is 5.46. The van der Waals surface area contributed by atoms with Gasteiger partial charge in [-0.1, -0.05) is 41.9 Å². The summed E-state index contributed by atoms with van der Waals surface area (Å²) in [4.78, 5) is 23.5. The Morgan fingerprint density at radius 2 is 1.97 bits per heavy atom. The second-order valence-corrected chi connectivity index (χ2v) is 7.87. The maximum absolute atomic E-state index is 13.1. The maximum Gasteiger partial charge on any atom is 0.356 e. The predicted molar refractivity (Wildman–Crippen MR) is 120 cm³/mol. The van der Waals surface area contributed by atoms with E-state index in [1.54, 1.807) is 13.1 Å². The molecule has 3 aromatic rings. The summed E-state index contributed by atoms with van der Waals surface area (Å²) in [7, 11) is 1.71. The van der Waals surface area contributed by atoms with Crippen LogP contribution in [0.15, 0.2) is 36.4 Å². The molecule has 2 aromatic heterocycles. The van der Waals surface area contributed by atoms with Gasteiger partial charge in [-0.05, 0) is 5.56 Å². The Balaban J connectivity index is 1.63. The minimum atomic E-state index is -0.432. The van der Waals surface area contributed by atoms with Crippen LogP contribution in [0.2, 0.25) is 5.15 Å². The van der Waals surface area contributed by atoms with Gasteiger partial charge in [0.15, 0.2) is 0 Å². The molecule has 0 atom stereocenters. The summed E-state index contributed by atoms with van der Waals surface area (Å²) in [6, 6.07) is 11.4. The van der Waals surface area contributed by atoms with Gasteiger partial charge < -0.3 is 15.2 Å². The van der Waals surface area contributed by atoms with Crippen molar-refractivity contribution in [1.29, 1.82) is 0 Å². The van der Waals surface area contributed by atoms with Gasteiger partial charge >= 0.3 is 5.97 Å². The molecule has 1 aliphatic heterocycles. The number of nitrogens with two attached hydrogens (primary N) is 1. The van der Waals surface area contributed by atoms with Gasteiger partial charge in [-0.2, -0.15) is 5.10 Å². The van der Waals surface area contributed by atoms with Crippen LogP contribution in [0.1, 0.15) is 21.6 Å². The number of nitrogens with zero attached hydrogens (tertiary/aromatic N) is 5. The fraction of sp³-hybridized carbons (Fsp3) is 0.364. The Morgan fingerprint density at radius 1 is 1.22 bits per heavy atom. The summed E-state index contributed by atoms with van der Waals surface area (Å²) in [5.74, 6) is -0.392. The highest BCUT2D eigenvalue weighted by atomic mass is 35.5. The molecule has 1 aliphatic rings. The zero-order valence-corrected chi connectivity index (χ0v) is 18.6. The van der Waals surface area contributed by atoms with E-state index >= 15 is 0 Å². The van der Waals surface area contributed by atoms with Crippen LogP contribution >= 0.6 is 11.6 Å². The summed E-state index contributed by atoms with van der Waals surface area (Å²) in [6.07, 6.45) is 0.472. The fourth-order valence-corrected chi connectivity index (χ4v) is 3.90. The summed E-state index contributed by atoms with van der Waals surface area (Å²) in [5.41, 5.74) is 8.87. The van der Waals surface area contributed by atoms with E-state index in [1.165, 1.54) is 4.68 Å². The van der Waals surface area contributed by atoms with E-state index in [4.69, 9.17) is 26.8 Å². The number of halogens is 1. The molecule has 0 unspecified atom stereocenters. The van der Waals surface area contributed by atoms with Crippen molar-refractivity contribution in [3.63, 3.8) is 0 Å². The van der Waals surface area contributed by atoms with Crippen LogP contribution in [0.4, 0.5) is 5.95 Å². The molecule has 0 saturated carbocycles. The summed E-state index contributed by atoms with van der Waals surface area (Å²) in [6.45, 7) is 4.02. The standard InChI is InChI=1S/C22H25ClN6O3/c1-28-20(21(30)32-12-9-29-7-10-31-11-8-29)16(13-15-5-3-2-4-6-15)19(27-28)17-14-18(23)26-22(24)25-17/h2-6,14H,7-13H2,1H3,(H2,24,25,26). The fourth-order valence-electron chi connectivity index (χ4n) is 3.71. The van der Waals surface area contributed by atoms with Crippen LogP contribution in [0.25, 0.3) is 11.4 Å². The number of hydrogen-bond acceptors (Lipinski definition) is 8. The van der Waals surface area contributed by atoms with Gasteiger partial charge in [-0.3, -0.25) is 9.58 Å². The quantitative estimate of drug-likeness (QED) is 0.425. The molecule has 2 N–H and O–H groups in total. The Morgan fingerprint density at radius 3 is 2.69 bits per heavy atom. The van der Waals surface area contributed by atoms with Crippen LogP contribution in [0.5, 0.6) is 0 Å². The van der Waals surface area contributed by atoms with Crippen LogP contribution in [-0.4, -0.2) is 70.1 Å². The van der Waals surface area contributed by atoms with E-state index in [-0.39, 0.29) is 17.7 Å². The lowest BCUT2D eigenvalue weighted by atomic mass is 10.0. The van der Waals surface area contributed by atoms with Gasteiger partial charge in [-0.25, -0.2) is 14.8 Å².